The number of amides is 1. The van der Waals surface area contributed by atoms with Crippen LogP contribution in [-0.4, -0.2) is 47.5 Å². The zero-order chi connectivity index (χ0) is 18.6. The summed E-state index contributed by atoms with van der Waals surface area (Å²) in [4.78, 5) is 22.6. The smallest absolute Gasteiger partial charge is 0.225 e. The number of carbonyl (C=O) groups excluding carboxylic acids is 1. The molecule has 8 heteroatoms. The van der Waals surface area contributed by atoms with Gasteiger partial charge in [-0.1, -0.05) is 0 Å². The van der Waals surface area contributed by atoms with Crippen molar-refractivity contribution in [1.82, 2.24) is 20.2 Å². The maximum absolute atomic E-state index is 12.3. The molecule has 2 fully saturated rings. The third-order valence-corrected chi connectivity index (χ3v) is 6.09. The number of fused-ring (bicyclic) bond motifs is 1. The second-order valence-electron chi connectivity index (χ2n) is 8.17. The van der Waals surface area contributed by atoms with E-state index in [0.29, 0.717) is 18.3 Å². The lowest BCUT2D eigenvalue weighted by atomic mass is 9.94. The Morgan fingerprint density at radius 2 is 2.14 bits per heavy atom. The largest absolute Gasteiger partial charge is 0.357 e. The summed E-state index contributed by atoms with van der Waals surface area (Å²) in [5.74, 6) is 1.43. The summed E-state index contributed by atoms with van der Waals surface area (Å²) in [6, 6.07) is 4.61. The number of hydrogen-bond acceptors (Lipinski definition) is 4. The van der Waals surface area contributed by atoms with Crippen LogP contribution in [0.3, 0.4) is 0 Å². The van der Waals surface area contributed by atoms with Crippen molar-refractivity contribution < 1.29 is 4.79 Å². The SMILES string of the molecule is CN1CCC[C@@H]1c1cc2cnc(NC(=O)CCCC3CCCNC3)cc2[nH]1.Cl.Cl. The second-order valence-corrected chi connectivity index (χ2v) is 8.17. The molecule has 1 amide bonds. The van der Waals surface area contributed by atoms with Crippen LogP contribution < -0.4 is 10.6 Å². The van der Waals surface area contributed by atoms with Crippen molar-refractivity contribution >= 4 is 47.4 Å². The molecular weight excluding hydrogens is 409 g/mol. The normalized spacial score (nSPS) is 22.1. The zero-order valence-electron chi connectivity index (χ0n) is 17.1. The molecule has 2 aliphatic heterocycles. The summed E-state index contributed by atoms with van der Waals surface area (Å²) < 4.78 is 0. The summed E-state index contributed by atoms with van der Waals surface area (Å²) in [5, 5.41) is 7.51. The molecule has 2 aromatic heterocycles. The average Bonchev–Trinajstić information content (AvgIpc) is 3.27. The predicted octanol–water partition coefficient (Wildman–Crippen LogP) is 4.28. The van der Waals surface area contributed by atoms with Gasteiger partial charge in [0.15, 0.2) is 0 Å². The van der Waals surface area contributed by atoms with Crippen LogP contribution in [-0.2, 0) is 4.79 Å². The van der Waals surface area contributed by atoms with Crippen LogP contribution in [0.4, 0.5) is 5.82 Å². The Hall–Kier alpha value is -1.34. The summed E-state index contributed by atoms with van der Waals surface area (Å²) in [6.07, 6.45) is 9.48. The van der Waals surface area contributed by atoms with Crippen LogP contribution in [0.15, 0.2) is 18.3 Å². The van der Waals surface area contributed by atoms with Gasteiger partial charge in [0.05, 0.1) is 5.52 Å². The third kappa shape index (κ3) is 6.07. The van der Waals surface area contributed by atoms with Gasteiger partial charge in [0, 0.05) is 35.8 Å². The molecule has 2 atom stereocenters. The van der Waals surface area contributed by atoms with Crippen LogP contribution in [0.1, 0.15) is 56.7 Å². The fourth-order valence-electron chi connectivity index (χ4n) is 4.53. The maximum Gasteiger partial charge on any atom is 0.225 e. The molecule has 4 rings (SSSR count). The van der Waals surface area contributed by atoms with Gasteiger partial charge >= 0.3 is 0 Å². The number of anilines is 1. The molecule has 162 valence electrons. The molecule has 0 spiro atoms. The zero-order valence-corrected chi connectivity index (χ0v) is 18.7. The third-order valence-electron chi connectivity index (χ3n) is 6.09. The number of aromatic amines is 1. The number of aromatic nitrogens is 2. The van der Waals surface area contributed by atoms with Crippen molar-refractivity contribution in [2.75, 3.05) is 32.0 Å². The van der Waals surface area contributed by atoms with E-state index in [4.69, 9.17) is 0 Å². The van der Waals surface area contributed by atoms with Gasteiger partial charge in [0.1, 0.15) is 5.82 Å². The van der Waals surface area contributed by atoms with E-state index in [1.807, 2.05) is 12.3 Å². The molecule has 0 radical (unpaired) electrons. The number of hydrogen-bond donors (Lipinski definition) is 3. The predicted molar refractivity (Wildman–Crippen MR) is 123 cm³/mol. The van der Waals surface area contributed by atoms with Crippen molar-refractivity contribution in [1.29, 1.82) is 0 Å². The minimum absolute atomic E-state index is 0. The highest BCUT2D eigenvalue weighted by Crippen LogP contribution is 2.32. The minimum Gasteiger partial charge on any atom is -0.357 e. The molecule has 29 heavy (non-hydrogen) atoms. The van der Waals surface area contributed by atoms with Gasteiger partial charge in [-0.15, -0.1) is 24.8 Å². The molecule has 6 nitrogen and oxygen atoms in total. The Morgan fingerprint density at radius 3 is 2.86 bits per heavy atom. The van der Waals surface area contributed by atoms with E-state index >= 15 is 0 Å². The van der Waals surface area contributed by atoms with Crippen LogP contribution in [0.5, 0.6) is 0 Å². The molecule has 0 saturated carbocycles. The summed E-state index contributed by atoms with van der Waals surface area (Å²) in [6.45, 7) is 3.39. The average molecular weight is 442 g/mol. The molecule has 2 aromatic rings. The second kappa shape index (κ2) is 11.2. The Kier molecular flexibility index (Phi) is 9.21. The molecule has 0 bridgehead atoms. The van der Waals surface area contributed by atoms with Gasteiger partial charge in [0.2, 0.25) is 5.91 Å². The summed E-state index contributed by atoms with van der Waals surface area (Å²) in [7, 11) is 2.18. The van der Waals surface area contributed by atoms with Crippen molar-refractivity contribution in [3.05, 3.63) is 24.0 Å². The molecule has 4 heterocycles. The Balaban J connectivity index is 0.00000150. The van der Waals surface area contributed by atoms with Gasteiger partial charge < -0.3 is 15.6 Å². The lowest BCUT2D eigenvalue weighted by Crippen LogP contribution is -2.29. The number of piperidine rings is 1. The highest BCUT2D eigenvalue weighted by molar-refractivity contribution is 5.92. The van der Waals surface area contributed by atoms with Crippen LogP contribution in [0, 0.1) is 5.92 Å². The first-order valence-electron chi connectivity index (χ1n) is 10.4. The number of pyridine rings is 1. The first-order chi connectivity index (χ1) is 13.2. The Labute approximate surface area is 185 Å². The highest BCUT2D eigenvalue weighted by atomic mass is 35.5. The molecular formula is C21H33Cl2N5O. The highest BCUT2D eigenvalue weighted by Gasteiger charge is 2.24. The lowest BCUT2D eigenvalue weighted by molar-refractivity contribution is -0.116. The van der Waals surface area contributed by atoms with E-state index in [1.165, 1.54) is 31.4 Å². The molecule has 3 N–H and O–H groups in total. The van der Waals surface area contributed by atoms with Crippen molar-refractivity contribution in [2.24, 2.45) is 5.92 Å². The molecule has 2 saturated heterocycles. The van der Waals surface area contributed by atoms with Crippen molar-refractivity contribution in [2.45, 2.75) is 51.0 Å². The van der Waals surface area contributed by atoms with Crippen molar-refractivity contribution in [3.63, 3.8) is 0 Å². The number of nitrogens with one attached hydrogen (secondary N) is 3. The van der Waals surface area contributed by atoms with Crippen LogP contribution in [0.25, 0.3) is 10.9 Å². The number of H-pyrrole nitrogens is 1. The van der Waals surface area contributed by atoms with E-state index < -0.39 is 0 Å². The van der Waals surface area contributed by atoms with Gasteiger partial charge in [-0.25, -0.2) is 4.98 Å². The quantitative estimate of drug-likeness (QED) is 0.625. The van der Waals surface area contributed by atoms with Gasteiger partial charge in [-0.3, -0.25) is 9.69 Å². The Bertz CT molecular complexity index is 790. The molecule has 0 aromatic carbocycles. The number of likely N-dealkylation sites (tertiary alicyclic amines) is 1. The topological polar surface area (TPSA) is 73.1 Å². The van der Waals surface area contributed by atoms with Crippen LogP contribution in [0.2, 0.25) is 0 Å². The lowest BCUT2D eigenvalue weighted by Gasteiger charge is -2.22. The molecule has 1 unspecified atom stereocenters. The van der Waals surface area contributed by atoms with E-state index in [0.717, 1.165) is 49.3 Å². The Morgan fingerprint density at radius 1 is 1.28 bits per heavy atom. The summed E-state index contributed by atoms with van der Waals surface area (Å²) >= 11 is 0. The maximum atomic E-state index is 12.3. The monoisotopic (exact) mass is 441 g/mol. The van der Waals surface area contributed by atoms with E-state index in [9.17, 15) is 4.79 Å². The van der Waals surface area contributed by atoms with E-state index in [-0.39, 0.29) is 30.7 Å². The van der Waals surface area contributed by atoms with Gasteiger partial charge in [-0.2, -0.15) is 0 Å². The number of halogens is 2. The minimum atomic E-state index is 0. The first-order valence-corrected chi connectivity index (χ1v) is 10.4. The molecule has 0 aliphatic carbocycles. The number of nitrogens with zero attached hydrogens (tertiary/aromatic N) is 2. The number of carbonyl (C=O) groups is 1. The fraction of sp³-hybridized carbons (Fsp3) is 0.619. The summed E-state index contributed by atoms with van der Waals surface area (Å²) in [5.41, 5.74) is 2.29. The number of rotatable bonds is 6. The fourth-order valence-corrected chi connectivity index (χ4v) is 4.53. The molecule has 2 aliphatic rings. The van der Waals surface area contributed by atoms with Gasteiger partial charge in [0.25, 0.3) is 0 Å². The van der Waals surface area contributed by atoms with Crippen molar-refractivity contribution in [3.8, 4) is 0 Å². The first kappa shape index (κ1) is 23.9. The van der Waals surface area contributed by atoms with E-state index in [2.05, 4.69) is 38.6 Å². The van der Waals surface area contributed by atoms with E-state index in [1.54, 1.807) is 0 Å². The van der Waals surface area contributed by atoms with Crippen LogP contribution >= 0.6 is 24.8 Å². The standard InChI is InChI=1S/C21H31N5O.2ClH/c1-26-10-4-7-19(26)18-11-16-14-23-20(12-17(16)24-18)25-21(27)8-2-5-15-6-3-9-22-13-15;;/h11-12,14-15,19,22,24H,2-10,13H2,1H3,(H,23,25,27);2*1H/t15?,19-;;/m1../s1. The van der Waals surface area contributed by atoms with Gasteiger partial charge in [-0.05, 0) is 77.2 Å².